The molecule has 8 rings (SSSR count). The quantitative estimate of drug-likeness (QED) is 0.216. The highest BCUT2D eigenvalue weighted by Gasteiger charge is 2.35. The number of benzene rings is 3. The van der Waals surface area contributed by atoms with Crippen LogP contribution in [0.1, 0.15) is 25.0 Å². The molecule has 4 heteroatoms. The fourth-order valence-corrected chi connectivity index (χ4v) is 6.16. The van der Waals surface area contributed by atoms with E-state index >= 15 is 0 Å². The van der Waals surface area contributed by atoms with Crippen LogP contribution >= 0.6 is 0 Å². The van der Waals surface area contributed by atoms with Gasteiger partial charge in [0.25, 0.3) is 0 Å². The maximum Gasteiger partial charge on any atom is 0.0972 e. The summed E-state index contributed by atoms with van der Waals surface area (Å²) in [4.78, 5) is 19.4. The molecule has 0 amide bonds. The van der Waals surface area contributed by atoms with Gasteiger partial charge in [0.05, 0.1) is 33.8 Å². The van der Waals surface area contributed by atoms with Crippen molar-refractivity contribution in [2.75, 3.05) is 0 Å². The van der Waals surface area contributed by atoms with Crippen LogP contribution in [0.3, 0.4) is 0 Å². The van der Waals surface area contributed by atoms with Crippen molar-refractivity contribution in [2.24, 2.45) is 0 Å². The molecular weight excluding hydrogens is 500 g/mol. The summed E-state index contributed by atoms with van der Waals surface area (Å²) in [6.07, 6.45) is 3.65. The highest BCUT2D eigenvalue weighted by Crippen LogP contribution is 2.49. The summed E-state index contributed by atoms with van der Waals surface area (Å²) in [5, 5.41) is 2.14. The first-order valence-electron chi connectivity index (χ1n) is 13.9. The predicted octanol–water partition coefficient (Wildman–Crippen LogP) is 8.88. The maximum absolute atomic E-state index is 5.20. The van der Waals surface area contributed by atoms with Crippen LogP contribution in [0, 0.1) is 0 Å². The minimum atomic E-state index is -0.0535. The van der Waals surface area contributed by atoms with Gasteiger partial charge in [0.15, 0.2) is 0 Å². The largest absolute Gasteiger partial charge is 0.255 e. The van der Waals surface area contributed by atoms with Gasteiger partial charge in [0.2, 0.25) is 0 Å². The molecule has 3 aromatic carbocycles. The third-order valence-electron chi connectivity index (χ3n) is 8.39. The number of hydrogen-bond donors (Lipinski definition) is 0. The smallest absolute Gasteiger partial charge is 0.0972 e. The zero-order valence-electron chi connectivity index (χ0n) is 22.8. The number of nitrogens with zero attached hydrogens (tertiary/aromatic N) is 4. The van der Waals surface area contributed by atoms with Crippen molar-refractivity contribution in [3.8, 4) is 45.0 Å². The summed E-state index contributed by atoms with van der Waals surface area (Å²) < 4.78 is 0. The lowest BCUT2D eigenvalue weighted by molar-refractivity contribution is 0.660. The lowest BCUT2D eigenvalue weighted by atomic mass is 9.82. The number of pyridine rings is 4. The number of hydrogen-bond acceptors (Lipinski definition) is 4. The van der Waals surface area contributed by atoms with Gasteiger partial charge in [0.1, 0.15) is 0 Å². The van der Waals surface area contributed by atoms with E-state index < -0.39 is 0 Å². The minimum Gasteiger partial charge on any atom is -0.255 e. The molecule has 0 bridgehead atoms. The lowest BCUT2D eigenvalue weighted by Crippen LogP contribution is -2.14. The van der Waals surface area contributed by atoms with Gasteiger partial charge in [-0.2, -0.15) is 0 Å². The first-order valence-corrected chi connectivity index (χ1v) is 13.9. The molecule has 0 unspecified atom stereocenters. The van der Waals surface area contributed by atoms with E-state index in [4.69, 9.17) is 9.97 Å². The Hall–Kier alpha value is -5.22. The predicted molar refractivity (Wildman–Crippen MR) is 167 cm³/mol. The molecular formula is C37H26N4. The molecule has 0 spiro atoms. The highest BCUT2D eigenvalue weighted by atomic mass is 14.8. The van der Waals surface area contributed by atoms with Gasteiger partial charge >= 0.3 is 0 Å². The van der Waals surface area contributed by atoms with Crippen molar-refractivity contribution in [2.45, 2.75) is 19.3 Å². The van der Waals surface area contributed by atoms with Crippen molar-refractivity contribution in [1.29, 1.82) is 0 Å². The van der Waals surface area contributed by atoms with E-state index in [0.29, 0.717) is 0 Å². The summed E-state index contributed by atoms with van der Waals surface area (Å²) in [5.74, 6) is 0. The van der Waals surface area contributed by atoms with E-state index in [-0.39, 0.29) is 5.41 Å². The van der Waals surface area contributed by atoms with Gasteiger partial charge in [-0.3, -0.25) is 9.97 Å². The van der Waals surface area contributed by atoms with Crippen molar-refractivity contribution >= 4 is 21.8 Å². The molecule has 0 radical (unpaired) electrons. The van der Waals surface area contributed by atoms with Crippen LogP contribution in [0.25, 0.3) is 66.8 Å². The molecule has 0 aliphatic heterocycles. The zero-order valence-corrected chi connectivity index (χ0v) is 22.8. The molecule has 1 aliphatic carbocycles. The Labute approximate surface area is 238 Å². The maximum atomic E-state index is 5.20. The number of fused-ring (bicyclic) bond motifs is 6. The fourth-order valence-electron chi connectivity index (χ4n) is 6.16. The Balaban J connectivity index is 1.22. The second-order valence-corrected chi connectivity index (χ2v) is 11.2. The molecule has 4 heterocycles. The molecule has 0 saturated carbocycles. The first kappa shape index (κ1) is 23.6. The van der Waals surface area contributed by atoms with E-state index in [2.05, 4.69) is 109 Å². The molecule has 1 aliphatic rings. The molecule has 4 aromatic heterocycles. The monoisotopic (exact) mass is 526 g/mol. The van der Waals surface area contributed by atoms with Crippen molar-refractivity contribution < 1.29 is 0 Å². The molecule has 194 valence electrons. The summed E-state index contributed by atoms with van der Waals surface area (Å²) in [6, 6.07) is 38.1. The molecule has 41 heavy (non-hydrogen) atoms. The molecule has 7 aromatic rings. The first-order chi connectivity index (χ1) is 20.1. The molecule has 0 saturated heterocycles. The lowest BCUT2D eigenvalue weighted by Gasteiger charge is -2.21. The normalized spacial score (nSPS) is 13.3. The van der Waals surface area contributed by atoms with Gasteiger partial charge < -0.3 is 0 Å². The van der Waals surface area contributed by atoms with Crippen LogP contribution in [0.15, 0.2) is 122 Å². The van der Waals surface area contributed by atoms with E-state index in [1.807, 2.05) is 30.5 Å². The third-order valence-corrected chi connectivity index (χ3v) is 8.39. The topological polar surface area (TPSA) is 51.6 Å². The van der Waals surface area contributed by atoms with E-state index in [1.54, 1.807) is 6.20 Å². The molecule has 4 nitrogen and oxygen atoms in total. The second kappa shape index (κ2) is 8.90. The second-order valence-electron chi connectivity index (χ2n) is 11.2. The van der Waals surface area contributed by atoms with Gasteiger partial charge in [-0.05, 0) is 64.7 Å². The number of rotatable bonds is 3. The average Bonchev–Trinajstić information content (AvgIpc) is 3.27. The Morgan fingerprint density at radius 2 is 1.10 bits per heavy atom. The molecule has 0 atom stereocenters. The zero-order chi connectivity index (χ0) is 27.6. The van der Waals surface area contributed by atoms with Crippen LogP contribution < -0.4 is 0 Å². The van der Waals surface area contributed by atoms with Crippen molar-refractivity contribution in [3.05, 3.63) is 133 Å². The van der Waals surface area contributed by atoms with E-state index in [1.165, 1.54) is 22.3 Å². The number of aromatic nitrogens is 4. The highest BCUT2D eigenvalue weighted by molar-refractivity contribution is 6.04. The molecule has 0 N–H and O–H groups in total. The van der Waals surface area contributed by atoms with E-state index in [0.717, 1.165) is 55.7 Å². The Morgan fingerprint density at radius 1 is 0.488 bits per heavy atom. The van der Waals surface area contributed by atoms with Gasteiger partial charge in [0, 0.05) is 39.7 Å². The van der Waals surface area contributed by atoms with Crippen LogP contribution in [0.4, 0.5) is 0 Å². The van der Waals surface area contributed by atoms with Crippen LogP contribution in [0.2, 0.25) is 0 Å². The van der Waals surface area contributed by atoms with Crippen LogP contribution in [0.5, 0.6) is 0 Å². The minimum absolute atomic E-state index is 0.0535. The Bertz CT molecular complexity index is 2110. The van der Waals surface area contributed by atoms with E-state index in [9.17, 15) is 0 Å². The average molecular weight is 527 g/mol. The Kier molecular flexibility index (Phi) is 5.13. The van der Waals surface area contributed by atoms with Crippen LogP contribution in [-0.4, -0.2) is 19.9 Å². The Morgan fingerprint density at radius 3 is 1.80 bits per heavy atom. The van der Waals surface area contributed by atoms with Crippen molar-refractivity contribution in [1.82, 2.24) is 19.9 Å². The van der Waals surface area contributed by atoms with Gasteiger partial charge in [-0.25, -0.2) is 9.97 Å². The summed E-state index contributed by atoms with van der Waals surface area (Å²) in [6.45, 7) is 4.62. The SMILES string of the molecule is CC1(C)c2ccccc2-c2ccc(-c3ccc4ccc5ccc(-c6ccc(-c7ccccn7)nc6)nc5c4n3)cc21. The summed E-state index contributed by atoms with van der Waals surface area (Å²) in [5.41, 5.74) is 12.7. The third kappa shape index (κ3) is 3.75. The summed E-state index contributed by atoms with van der Waals surface area (Å²) >= 11 is 0. The van der Waals surface area contributed by atoms with Crippen LogP contribution in [-0.2, 0) is 5.41 Å². The fraction of sp³-hybridized carbons (Fsp3) is 0.0811. The summed E-state index contributed by atoms with van der Waals surface area (Å²) in [7, 11) is 0. The van der Waals surface area contributed by atoms with Crippen molar-refractivity contribution in [3.63, 3.8) is 0 Å². The standard InChI is InChI=1S/C37H26N4/c1-37(2)29-8-4-3-7-27(29)28-16-12-25(21-30(28)37)31-17-13-23-10-11-24-14-18-32(41-36(24)35(23)40-31)26-15-19-34(39-22-26)33-9-5-6-20-38-33/h3-22H,1-2H3. The van der Waals surface area contributed by atoms with Gasteiger partial charge in [-0.1, -0.05) is 80.6 Å². The molecule has 0 fully saturated rings. The van der Waals surface area contributed by atoms with Gasteiger partial charge in [-0.15, -0.1) is 0 Å².